The van der Waals surface area contributed by atoms with Crippen molar-refractivity contribution < 1.29 is 23.4 Å². The molecule has 1 N–H and O–H groups in total. The number of esters is 1. The van der Waals surface area contributed by atoms with Crippen molar-refractivity contribution in [3.63, 3.8) is 0 Å². The van der Waals surface area contributed by atoms with Gasteiger partial charge in [0.05, 0.1) is 12.5 Å². The maximum atomic E-state index is 13.9. The van der Waals surface area contributed by atoms with Gasteiger partial charge in [-0.1, -0.05) is 30.3 Å². The molecule has 0 spiro atoms. The van der Waals surface area contributed by atoms with E-state index < -0.39 is 23.4 Å². The number of hydrogen-bond acceptors (Lipinski definition) is 3. The molecule has 1 aromatic carbocycles. The Kier molecular flexibility index (Phi) is 4.65. The van der Waals surface area contributed by atoms with E-state index in [4.69, 9.17) is 11.6 Å². The summed E-state index contributed by atoms with van der Waals surface area (Å²) in [7, 11) is 0. The fourth-order valence-electron chi connectivity index (χ4n) is 1.45. The second kappa shape index (κ2) is 5.63. The summed E-state index contributed by atoms with van der Waals surface area (Å²) in [5.41, 5.74) is -2.93. The lowest BCUT2D eigenvalue weighted by Gasteiger charge is -2.32. The number of carbonyl (C=O) groups excluding carboxylic acids is 1. The first-order chi connectivity index (χ1) is 8.40. The molecule has 0 aliphatic rings. The molecule has 3 nitrogen and oxygen atoms in total. The van der Waals surface area contributed by atoms with Crippen LogP contribution in [0.1, 0.15) is 12.5 Å². The lowest BCUT2D eigenvalue weighted by atomic mass is 9.89. The average molecular weight is 279 g/mol. The summed E-state index contributed by atoms with van der Waals surface area (Å²) < 4.78 is 32.1. The smallest absolute Gasteiger partial charge is 0.380 e. The Morgan fingerprint density at radius 1 is 1.39 bits per heavy atom. The standard InChI is InChI=1S/C12H13ClF2O3/c1-2-18-10(16)12(14,15)11(17,8-13)9-6-4-3-5-7-9/h3-7,17H,2,8H2,1H3. The molecule has 0 saturated carbocycles. The van der Waals surface area contributed by atoms with Crippen molar-refractivity contribution in [2.45, 2.75) is 18.4 Å². The van der Waals surface area contributed by atoms with Crippen molar-refractivity contribution in [1.82, 2.24) is 0 Å². The van der Waals surface area contributed by atoms with Gasteiger partial charge in [0.25, 0.3) is 0 Å². The number of ether oxygens (including phenoxy) is 1. The molecule has 18 heavy (non-hydrogen) atoms. The van der Waals surface area contributed by atoms with Gasteiger partial charge in [0.2, 0.25) is 0 Å². The predicted octanol–water partition coefficient (Wildman–Crippen LogP) is 2.31. The Morgan fingerprint density at radius 3 is 2.39 bits per heavy atom. The van der Waals surface area contributed by atoms with Gasteiger partial charge in [-0.3, -0.25) is 0 Å². The highest BCUT2D eigenvalue weighted by molar-refractivity contribution is 6.19. The van der Waals surface area contributed by atoms with E-state index in [0.29, 0.717) is 0 Å². The topological polar surface area (TPSA) is 46.5 Å². The highest BCUT2D eigenvalue weighted by atomic mass is 35.5. The number of halogens is 3. The van der Waals surface area contributed by atoms with Crippen molar-refractivity contribution in [2.75, 3.05) is 12.5 Å². The predicted molar refractivity (Wildman–Crippen MR) is 62.6 cm³/mol. The zero-order valence-electron chi connectivity index (χ0n) is 9.70. The fourth-order valence-corrected chi connectivity index (χ4v) is 1.77. The summed E-state index contributed by atoms with van der Waals surface area (Å²) >= 11 is 5.43. The minimum Gasteiger partial charge on any atom is -0.461 e. The van der Waals surface area contributed by atoms with E-state index in [2.05, 4.69) is 4.74 Å². The minimum atomic E-state index is -4.12. The largest absolute Gasteiger partial charge is 0.461 e. The van der Waals surface area contributed by atoms with Crippen LogP contribution in [0.25, 0.3) is 0 Å². The first-order valence-corrected chi connectivity index (χ1v) is 5.82. The Labute approximate surface area is 108 Å². The molecule has 0 fully saturated rings. The zero-order valence-corrected chi connectivity index (χ0v) is 10.5. The summed E-state index contributed by atoms with van der Waals surface area (Å²) in [6, 6.07) is 7.08. The Balaban J connectivity index is 3.19. The minimum absolute atomic E-state index is 0.141. The third kappa shape index (κ3) is 2.47. The van der Waals surface area contributed by atoms with Gasteiger partial charge in [0.1, 0.15) is 0 Å². The van der Waals surface area contributed by atoms with E-state index in [1.165, 1.54) is 31.2 Å². The third-order valence-electron chi connectivity index (χ3n) is 2.50. The highest BCUT2D eigenvalue weighted by Gasteiger charge is 2.60. The van der Waals surface area contributed by atoms with Gasteiger partial charge in [0.15, 0.2) is 5.60 Å². The molecule has 1 unspecified atom stereocenters. The molecule has 1 atom stereocenters. The molecule has 0 amide bonds. The third-order valence-corrected chi connectivity index (χ3v) is 2.88. The van der Waals surface area contributed by atoms with Crippen LogP contribution >= 0.6 is 11.6 Å². The number of aliphatic hydroxyl groups is 1. The van der Waals surface area contributed by atoms with Gasteiger partial charge in [-0.05, 0) is 12.5 Å². The van der Waals surface area contributed by atoms with Crippen LogP contribution in [-0.2, 0) is 15.1 Å². The molecule has 0 heterocycles. The van der Waals surface area contributed by atoms with Crippen LogP contribution in [0.15, 0.2) is 30.3 Å². The van der Waals surface area contributed by atoms with Gasteiger partial charge in [-0.15, -0.1) is 11.6 Å². The molecular weight excluding hydrogens is 266 g/mol. The van der Waals surface area contributed by atoms with E-state index in [0.717, 1.165) is 0 Å². The Bertz CT molecular complexity index is 411. The van der Waals surface area contributed by atoms with Crippen LogP contribution < -0.4 is 0 Å². The quantitative estimate of drug-likeness (QED) is 0.664. The molecule has 1 aromatic rings. The molecular formula is C12H13ClF2O3. The molecule has 0 radical (unpaired) electrons. The summed E-state index contributed by atoms with van der Waals surface area (Å²) in [6.07, 6.45) is 0. The van der Waals surface area contributed by atoms with Crippen molar-refractivity contribution in [1.29, 1.82) is 0 Å². The van der Waals surface area contributed by atoms with Gasteiger partial charge in [0, 0.05) is 0 Å². The molecule has 100 valence electrons. The van der Waals surface area contributed by atoms with Gasteiger partial charge in [-0.2, -0.15) is 8.78 Å². The SMILES string of the molecule is CCOC(=O)C(F)(F)C(O)(CCl)c1ccccc1. The second-order valence-corrected chi connectivity index (χ2v) is 3.92. The molecule has 0 saturated heterocycles. The number of hydrogen-bond donors (Lipinski definition) is 1. The first kappa shape index (κ1) is 14.9. The molecule has 1 rings (SSSR count). The van der Waals surface area contributed by atoms with Crippen molar-refractivity contribution in [2.24, 2.45) is 0 Å². The summed E-state index contributed by atoms with van der Waals surface area (Å²) in [6.45, 7) is 1.19. The number of carbonyl (C=O) groups is 1. The fraction of sp³-hybridized carbons (Fsp3) is 0.417. The second-order valence-electron chi connectivity index (χ2n) is 3.65. The number of rotatable bonds is 5. The normalized spacial score (nSPS) is 14.9. The molecule has 0 aromatic heterocycles. The maximum absolute atomic E-state index is 13.9. The number of alkyl halides is 3. The molecule has 0 aliphatic carbocycles. The van der Waals surface area contributed by atoms with Gasteiger partial charge in [-0.25, -0.2) is 4.79 Å². The van der Waals surface area contributed by atoms with E-state index in [9.17, 15) is 18.7 Å². The van der Waals surface area contributed by atoms with E-state index >= 15 is 0 Å². The Morgan fingerprint density at radius 2 is 1.94 bits per heavy atom. The van der Waals surface area contributed by atoms with E-state index in [1.54, 1.807) is 6.07 Å². The lowest BCUT2D eigenvalue weighted by molar-refractivity contribution is -0.211. The molecule has 6 heteroatoms. The highest BCUT2D eigenvalue weighted by Crippen LogP contribution is 2.39. The molecule has 0 aliphatic heterocycles. The van der Waals surface area contributed by atoms with Gasteiger partial charge >= 0.3 is 11.9 Å². The average Bonchev–Trinajstić information content (AvgIpc) is 2.38. The summed E-state index contributed by atoms with van der Waals surface area (Å²) in [4.78, 5) is 11.3. The first-order valence-electron chi connectivity index (χ1n) is 5.29. The zero-order chi connectivity index (χ0) is 13.8. The Hall–Kier alpha value is -1.20. The van der Waals surface area contributed by atoms with Crippen LogP contribution in [0.3, 0.4) is 0 Å². The summed E-state index contributed by atoms with van der Waals surface area (Å²) in [5, 5.41) is 10.0. The number of benzene rings is 1. The van der Waals surface area contributed by atoms with E-state index in [-0.39, 0.29) is 12.2 Å². The van der Waals surface area contributed by atoms with Crippen LogP contribution in [0.4, 0.5) is 8.78 Å². The summed E-state index contributed by atoms with van der Waals surface area (Å²) in [5.74, 6) is -6.74. The molecule has 0 bridgehead atoms. The lowest BCUT2D eigenvalue weighted by Crippen LogP contribution is -2.53. The van der Waals surface area contributed by atoms with Crippen LogP contribution in [-0.4, -0.2) is 29.5 Å². The van der Waals surface area contributed by atoms with E-state index in [1.807, 2.05) is 0 Å². The van der Waals surface area contributed by atoms with Crippen molar-refractivity contribution in [3.05, 3.63) is 35.9 Å². The van der Waals surface area contributed by atoms with Crippen LogP contribution in [0, 0.1) is 0 Å². The van der Waals surface area contributed by atoms with Crippen LogP contribution in [0.5, 0.6) is 0 Å². The monoisotopic (exact) mass is 278 g/mol. The van der Waals surface area contributed by atoms with Gasteiger partial charge < -0.3 is 9.84 Å². The van der Waals surface area contributed by atoms with Crippen molar-refractivity contribution >= 4 is 17.6 Å². The van der Waals surface area contributed by atoms with Crippen LogP contribution in [0.2, 0.25) is 0 Å². The van der Waals surface area contributed by atoms with Crippen molar-refractivity contribution in [3.8, 4) is 0 Å². The maximum Gasteiger partial charge on any atom is 0.380 e.